The van der Waals surface area contributed by atoms with Gasteiger partial charge in [-0.3, -0.25) is 14.5 Å². The van der Waals surface area contributed by atoms with Gasteiger partial charge < -0.3 is 14.6 Å². The van der Waals surface area contributed by atoms with Crippen molar-refractivity contribution in [3.8, 4) is 0 Å². The number of piperazine rings is 1. The van der Waals surface area contributed by atoms with E-state index >= 15 is 0 Å². The highest BCUT2D eigenvalue weighted by Crippen LogP contribution is 2.36. The zero-order chi connectivity index (χ0) is 27.2. The van der Waals surface area contributed by atoms with E-state index in [2.05, 4.69) is 0 Å². The van der Waals surface area contributed by atoms with Gasteiger partial charge in [0.15, 0.2) is 0 Å². The second-order valence-corrected chi connectivity index (χ2v) is 10.1. The van der Waals surface area contributed by atoms with Gasteiger partial charge in [0.05, 0.1) is 16.1 Å². The molecule has 198 valence electrons. The number of aryl methyl sites for hydroxylation is 2. The van der Waals surface area contributed by atoms with Crippen molar-refractivity contribution in [1.29, 1.82) is 0 Å². The third-order valence-electron chi connectivity index (χ3n) is 7.08. The molecule has 11 heteroatoms. The summed E-state index contributed by atoms with van der Waals surface area (Å²) in [5.74, 6) is -1.20. The van der Waals surface area contributed by atoms with E-state index in [4.69, 9.17) is 23.2 Å². The van der Waals surface area contributed by atoms with Crippen LogP contribution in [0.4, 0.5) is 13.2 Å². The van der Waals surface area contributed by atoms with E-state index in [1.54, 1.807) is 47.4 Å². The number of fused-ring (bicyclic) bond motifs is 1. The number of rotatable bonds is 5. The standard InChI is InChI=1S/C26H26Cl2F3N3O3/c1-14-10-16(26(29,30)31)11-22-19(14)12-17(32(22)3)13-20-21(27)5-4-18(23(20)28)24(35)34-8-6-33(7-9-34)15(2)25(36)37/h4-5,10-12,15H,6-9,13H2,1-3H3,(H,36,37). The largest absolute Gasteiger partial charge is 0.480 e. The van der Waals surface area contributed by atoms with Crippen molar-refractivity contribution in [3.05, 3.63) is 68.3 Å². The van der Waals surface area contributed by atoms with E-state index in [1.165, 1.54) is 0 Å². The fourth-order valence-electron chi connectivity index (χ4n) is 4.74. The average Bonchev–Trinajstić information content (AvgIpc) is 3.16. The lowest BCUT2D eigenvalue weighted by molar-refractivity contribution is -0.143. The zero-order valence-electron chi connectivity index (χ0n) is 20.5. The molecule has 1 aliphatic rings. The fourth-order valence-corrected chi connectivity index (χ4v) is 5.33. The number of benzene rings is 2. The molecule has 1 aromatic heterocycles. The minimum atomic E-state index is -4.46. The zero-order valence-corrected chi connectivity index (χ0v) is 22.0. The Morgan fingerprint density at radius 1 is 1.08 bits per heavy atom. The van der Waals surface area contributed by atoms with Crippen LogP contribution in [0.25, 0.3) is 10.9 Å². The van der Waals surface area contributed by atoms with Gasteiger partial charge in [0.2, 0.25) is 0 Å². The van der Waals surface area contributed by atoms with Crippen molar-refractivity contribution in [3.63, 3.8) is 0 Å². The van der Waals surface area contributed by atoms with E-state index in [9.17, 15) is 27.9 Å². The second kappa shape index (κ2) is 10.2. The quantitative estimate of drug-likeness (QED) is 0.442. The van der Waals surface area contributed by atoms with Crippen molar-refractivity contribution in [2.75, 3.05) is 26.2 Å². The van der Waals surface area contributed by atoms with Gasteiger partial charge in [0, 0.05) is 61.3 Å². The van der Waals surface area contributed by atoms with Crippen LogP contribution in [0.2, 0.25) is 10.0 Å². The molecule has 0 aliphatic carbocycles. The van der Waals surface area contributed by atoms with Gasteiger partial charge in [-0.1, -0.05) is 23.2 Å². The number of carbonyl (C=O) groups excluding carboxylic acids is 1. The number of nitrogens with zero attached hydrogens (tertiary/aromatic N) is 3. The highest BCUT2D eigenvalue weighted by molar-refractivity contribution is 6.38. The molecule has 37 heavy (non-hydrogen) atoms. The molecule has 1 unspecified atom stereocenters. The van der Waals surface area contributed by atoms with Crippen molar-refractivity contribution in [2.24, 2.45) is 7.05 Å². The molecule has 0 saturated carbocycles. The number of carboxylic acids is 1. The summed E-state index contributed by atoms with van der Waals surface area (Å²) >= 11 is 13.2. The molecule has 4 rings (SSSR count). The fraction of sp³-hybridized carbons (Fsp3) is 0.385. The summed E-state index contributed by atoms with van der Waals surface area (Å²) in [6, 6.07) is 6.58. The Kier molecular flexibility index (Phi) is 7.52. The molecule has 2 heterocycles. The van der Waals surface area contributed by atoms with Gasteiger partial charge in [-0.05, 0) is 55.3 Å². The molecule has 6 nitrogen and oxygen atoms in total. The number of hydrogen-bond acceptors (Lipinski definition) is 3. The van der Waals surface area contributed by atoms with E-state index in [-0.39, 0.29) is 22.9 Å². The van der Waals surface area contributed by atoms with Crippen LogP contribution in [0, 0.1) is 6.92 Å². The van der Waals surface area contributed by atoms with Gasteiger partial charge in [-0.25, -0.2) is 0 Å². The van der Waals surface area contributed by atoms with E-state index < -0.39 is 23.8 Å². The lowest BCUT2D eigenvalue weighted by Crippen LogP contribution is -2.53. The number of carboxylic acid groups (broad SMARTS) is 1. The maximum Gasteiger partial charge on any atom is 0.416 e. The van der Waals surface area contributed by atoms with Crippen LogP contribution in [0.15, 0.2) is 30.3 Å². The van der Waals surface area contributed by atoms with E-state index in [0.29, 0.717) is 58.9 Å². The van der Waals surface area contributed by atoms with Gasteiger partial charge in [-0.2, -0.15) is 13.2 Å². The molecule has 3 aromatic rings. The number of amides is 1. The Morgan fingerprint density at radius 2 is 1.73 bits per heavy atom. The number of aromatic nitrogens is 1. The van der Waals surface area contributed by atoms with Gasteiger partial charge >= 0.3 is 12.1 Å². The topological polar surface area (TPSA) is 65.8 Å². The molecule has 0 radical (unpaired) electrons. The molecule has 2 aromatic carbocycles. The van der Waals surface area contributed by atoms with Gasteiger partial charge in [-0.15, -0.1) is 0 Å². The van der Waals surface area contributed by atoms with Crippen molar-refractivity contribution in [2.45, 2.75) is 32.5 Å². The molecule has 1 fully saturated rings. The van der Waals surface area contributed by atoms with Crippen LogP contribution >= 0.6 is 23.2 Å². The first-order valence-electron chi connectivity index (χ1n) is 11.7. The summed E-state index contributed by atoms with van der Waals surface area (Å²) in [6.45, 7) is 4.81. The Bertz CT molecular complexity index is 1380. The number of aliphatic carboxylic acids is 1. The number of alkyl halides is 3. The predicted molar refractivity (Wildman–Crippen MR) is 137 cm³/mol. The summed E-state index contributed by atoms with van der Waals surface area (Å²) in [5, 5.41) is 10.5. The summed E-state index contributed by atoms with van der Waals surface area (Å²) in [6.07, 6.45) is -4.24. The van der Waals surface area contributed by atoms with Crippen LogP contribution in [0.5, 0.6) is 0 Å². The van der Waals surface area contributed by atoms with E-state index in [1.807, 2.05) is 6.07 Å². The highest BCUT2D eigenvalue weighted by Gasteiger charge is 2.32. The SMILES string of the molecule is Cc1cc(C(F)(F)F)cc2c1cc(Cc1c(Cl)ccc(C(=O)N3CCN(C(C)C(=O)O)CC3)c1Cl)n2C. The first kappa shape index (κ1) is 27.3. The Labute approximate surface area is 222 Å². The van der Waals surface area contributed by atoms with Crippen LogP contribution in [-0.4, -0.2) is 63.6 Å². The number of carbonyl (C=O) groups is 2. The molecule has 1 atom stereocenters. The van der Waals surface area contributed by atoms with Gasteiger partial charge in [0.1, 0.15) is 6.04 Å². The number of halogens is 5. The second-order valence-electron chi connectivity index (χ2n) is 9.33. The average molecular weight is 556 g/mol. The summed E-state index contributed by atoms with van der Waals surface area (Å²) in [5.41, 5.74) is 1.70. The minimum absolute atomic E-state index is 0.191. The van der Waals surface area contributed by atoms with Crippen molar-refractivity contribution in [1.82, 2.24) is 14.4 Å². The van der Waals surface area contributed by atoms with Crippen LogP contribution in [0.3, 0.4) is 0 Å². The smallest absolute Gasteiger partial charge is 0.416 e. The Hall–Kier alpha value is -2.75. The predicted octanol–water partition coefficient (Wildman–Crippen LogP) is 5.63. The molecular weight excluding hydrogens is 530 g/mol. The maximum atomic E-state index is 13.3. The summed E-state index contributed by atoms with van der Waals surface area (Å²) in [4.78, 5) is 28.0. The third kappa shape index (κ3) is 5.30. The summed E-state index contributed by atoms with van der Waals surface area (Å²) in [7, 11) is 1.69. The lowest BCUT2D eigenvalue weighted by Gasteiger charge is -2.36. The Balaban J connectivity index is 1.61. The van der Waals surface area contributed by atoms with Crippen molar-refractivity contribution >= 4 is 46.0 Å². The van der Waals surface area contributed by atoms with Crippen molar-refractivity contribution < 1.29 is 27.9 Å². The van der Waals surface area contributed by atoms with E-state index in [0.717, 1.165) is 12.1 Å². The monoisotopic (exact) mass is 555 g/mol. The molecule has 1 amide bonds. The van der Waals surface area contributed by atoms with Gasteiger partial charge in [0.25, 0.3) is 5.91 Å². The third-order valence-corrected chi connectivity index (χ3v) is 7.86. The normalized spacial score (nSPS) is 15.8. The Morgan fingerprint density at radius 3 is 2.32 bits per heavy atom. The molecule has 0 bridgehead atoms. The number of hydrogen-bond donors (Lipinski definition) is 1. The van der Waals surface area contributed by atoms with Crippen LogP contribution < -0.4 is 0 Å². The highest BCUT2D eigenvalue weighted by atomic mass is 35.5. The first-order valence-corrected chi connectivity index (χ1v) is 12.4. The van der Waals surface area contributed by atoms with Crippen LogP contribution in [0.1, 0.15) is 39.7 Å². The van der Waals surface area contributed by atoms with Crippen LogP contribution in [-0.2, 0) is 24.4 Å². The molecule has 1 aliphatic heterocycles. The molecule has 0 spiro atoms. The summed E-state index contributed by atoms with van der Waals surface area (Å²) < 4.78 is 41.7. The lowest BCUT2D eigenvalue weighted by atomic mass is 10.0. The maximum absolute atomic E-state index is 13.3. The molecule has 1 saturated heterocycles. The molecule has 1 N–H and O–H groups in total. The first-order chi connectivity index (χ1) is 17.3. The molecular formula is C26H26Cl2F3N3O3. The minimum Gasteiger partial charge on any atom is -0.480 e.